The molecule has 0 aromatic heterocycles. The molecule has 0 amide bonds. The topological polar surface area (TPSA) is 19.9 Å². The summed E-state index contributed by atoms with van der Waals surface area (Å²) in [5.74, 6) is 0.936. The average molecular weight is 113 g/mol. The van der Waals surface area contributed by atoms with E-state index >= 15 is 0 Å². The first kappa shape index (κ1) is 6.09. The van der Waals surface area contributed by atoms with Gasteiger partial charge >= 0.3 is 0 Å². The summed E-state index contributed by atoms with van der Waals surface area (Å²) >= 11 is 0. The first-order valence-corrected chi connectivity index (χ1v) is 3.45. The van der Waals surface area contributed by atoms with Gasteiger partial charge in [-0.2, -0.15) is 0 Å². The average Bonchev–Trinajstić information content (AvgIpc) is 2.41. The van der Waals surface area contributed by atoms with E-state index in [1.165, 1.54) is 19.3 Å². The molecule has 1 fully saturated rings. The second kappa shape index (κ2) is 2.49. The largest absolute Gasteiger partial charge is 0.233 e. The minimum absolute atomic E-state index is 0.324. The molecule has 8 heavy (non-hydrogen) atoms. The van der Waals surface area contributed by atoms with E-state index < -0.39 is 0 Å². The molecular formula is C7H13O. The molecule has 1 nitrogen and oxygen atoms in total. The molecule has 1 heteroatoms. The van der Waals surface area contributed by atoms with Crippen LogP contribution in [0, 0.1) is 5.92 Å². The molecule has 1 atom stereocenters. The predicted molar refractivity (Wildman–Crippen MR) is 32.1 cm³/mol. The van der Waals surface area contributed by atoms with Crippen molar-refractivity contribution in [2.75, 3.05) is 0 Å². The molecule has 0 bridgehead atoms. The van der Waals surface area contributed by atoms with Gasteiger partial charge in [0.05, 0.1) is 6.10 Å². The molecule has 0 N–H and O–H groups in total. The lowest BCUT2D eigenvalue weighted by molar-refractivity contribution is 0.0943. The smallest absolute Gasteiger partial charge is 0.0902 e. The minimum Gasteiger partial charge on any atom is -0.233 e. The third kappa shape index (κ3) is 2.31. The molecule has 0 aromatic carbocycles. The quantitative estimate of drug-likeness (QED) is 0.533. The molecule has 1 unspecified atom stereocenters. The maximum Gasteiger partial charge on any atom is 0.0902 e. The van der Waals surface area contributed by atoms with Gasteiger partial charge in [-0.25, -0.2) is 5.11 Å². The Balaban J connectivity index is 1.87. The zero-order chi connectivity index (χ0) is 5.98. The zero-order valence-corrected chi connectivity index (χ0v) is 5.39. The molecule has 0 aliphatic heterocycles. The summed E-state index contributed by atoms with van der Waals surface area (Å²) in [7, 11) is 0. The minimum atomic E-state index is -0.324. The first-order chi connectivity index (χ1) is 3.79. The summed E-state index contributed by atoms with van der Waals surface area (Å²) in [4.78, 5) is 0. The van der Waals surface area contributed by atoms with Crippen LogP contribution in [0.2, 0.25) is 0 Å². The van der Waals surface area contributed by atoms with Crippen LogP contribution >= 0.6 is 0 Å². The zero-order valence-electron chi connectivity index (χ0n) is 5.39. The van der Waals surface area contributed by atoms with Crippen molar-refractivity contribution in [3.05, 3.63) is 0 Å². The van der Waals surface area contributed by atoms with Crippen molar-refractivity contribution in [3.63, 3.8) is 0 Å². The van der Waals surface area contributed by atoms with Crippen molar-refractivity contribution in [1.29, 1.82) is 0 Å². The molecule has 47 valence electrons. The van der Waals surface area contributed by atoms with Crippen molar-refractivity contribution in [3.8, 4) is 0 Å². The van der Waals surface area contributed by atoms with Gasteiger partial charge in [0.1, 0.15) is 0 Å². The normalized spacial score (nSPS) is 23.2. The van der Waals surface area contributed by atoms with Gasteiger partial charge in [0.2, 0.25) is 0 Å². The van der Waals surface area contributed by atoms with Gasteiger partial charge < -0.3 is 0 Å². The molecule has 0 heterocycles. The van der Waals surface area contributed by atoms with E-state index in [1.54, 1.807) is 6.92 Å². The van der Waals surface area contributed by atoms with Crippen molar-refractivity contribution in [2.24, 2.45) is 5.92 Å². The fourth-order valence-electron chi connectivity index (χ4n) is 0.877. The molecule has 0 saturated heterocycles. The van der Waals surface area contributed by atoms with E-state index in [9.17, 15) is 5.11 Å². The van der Waals surface area contributed by atoms with Gasteiger partial charge in [-0.3, -0.25) is 0 Å². The van der Waals surface area contributed by atoms with Gasteiger partial charge in [0, 0.05) is 0 Å². The Morgan fingerprint density at radius 2 is 2.25 bits per heavy atom. The van der Waals surface area contributed by atoms with Crippen LogP contribution in [0.1, 0.15) is 32.6 Å². The van der Waals surface area contributed by atoms with Crippen molar-refractivity contribution >= 4 is 0 Å². The Hall–Kier alpha value is -0.0400. The van der Waals surface area contributed by atoms with Crippen molar-refractivity contribution in [1.82, 2.24) is 0 Å². The van der Waals surface area contributed by atoms with Crippen LogP contribution in [0.4, 0.5) is 0 Å². The second-order valence-electron chi connectivity index (χ2n) is 2.83. The summed E-state index contributed by atoms with van der Waals surface area (Å²) in [5.41, 5.74) is 0. The lowest BCUT2D eigenvalue weighted by Gasteiger charge is -1.96. The standard InChI is InChI=1S/C7H13O/c1-6(8)2-3-7-4-5-7/h6-7H,2-5H2,1H3. The van der Waals surface area contributed by atoms with Crippen LogP contribution in [-0.4, -0.2) is 6.10 Å². The van der Waals surface area contributed by atoms with E-state index in [0.29, 0.717) is 0 Å². The Labute approximate surface area is 50.7 Å². The molecule has 1 rings (SSSR count). The Morgan fingerprint density at radius 3 is 2.62 bits per heavy atom. The van der Waals surface area contributed by atoms with E-state index in [2.05, 4.69) is 0 Å². The monoisotopic (exact) mass is 113 g/mol. The van der Waals surface area contributed by atoms with E-state index in [1.807, 2.05) is 0 Å². The lowest BCUT2D eigenvalue weighted by atomic mass is 10.1. The molecule has 1 aliphatic carbocycles. The lowest BCUT2D eigenvalue weighted by Crippen LogP contribution is -1.96. The third-order valence-corrected chi connectivity index (χ3v) is 1.68. The van der Waals surface area contributed by atoms with Crippen molar-refractivity contribution < 1.29 is 5.11 Å². The van der Waals surface area contributed by atoms with Gasteiger partial charge in [-0.1, -0.05) is 12.8 Å². The Bertz CT molecular complexity index is 62.8. The van der Waals surface area contributed by atoms with Crippen LogP contribution in [-0.2, 0) is 5.11 Å². The van der Waals surface area contributed by atoms with Crippen LogP contribution in [0.5, 0.6) is 0 Å². The third-order valence-electron chi connectivity index (χ3n) is 1.68. The maximum atomic E-state index is 10.5. The van der Waals surface area contributed by atoms with E-state index in [4.69, 9.17) is 0 Å². The molecular weight excluding hydrogens is 100 g/mol. The maximum absolute atomic E-state index is 10.5. The van der Waals surface area contributed by atoms with Crippen molar-refractivity contribution in [2.45, 2.75) is 38.7 Å². The highest BCUT2D eigenvalue weighted by atomic mass is 16.3. The summed E-state index contributed by atoms with van der Waals surface area (Å²) in [6, 6.07) is 0. The summed E-state index contributed by atoms with van der Waals surface area (Å²) in [5, 5.41) is 10.5. The van der Waals surface area contributed by atoms with Gasteiger partial charge in [0.15, 0.2) is 0 Å². The fourth-order valence-corrected chi connectivity index (χ4v) is 0.877. The van der Waals surface area contributed by atoms with E-state index in [-0.39, 0.29) is 6.10 Å². The van der Waals surface area contributed by atoms with Gasteiger partial charge in [-0.15, -0.1) is 0 Å². The van der Waals surface area contributed by atoms with Crippen LogP contribution in [0.3, 0.4) is 0 Å². The second-order valence-corrected chi connectivity index (χ2v) is 2.83. The Morgan fingerprint density at radius 1 is 1.62 bits per heavy atom. The SMILES string of the molecule is CC([O])CCC1CC1. The van der Waals surface area contributed by atoms with Crippen LogP contribution < -0.4 is 0 Å². The fraction of sp³-hybridized carbons (Fsp3) is 1.00. The predicted octanol–water partition coefficient (Wildman–Crippen LogP) is 2.00. The highest BCUT2D eigenvalue weighted by Gasteiger charge is 2.20. The highest BCUT2D eigenvalue weighted by molar-refractivity contribution is 4.73. The van der Waals surface area contributed by atoms with Crippen LogP contribution in [0.15, 0.2) is 0 Å². The molecule has 1 aliphatic rings. The highest BCUT2D eigenvalue weighted by Crippen LogP contribution is 2.33. The molecule has 1 radical (unpaired) electrons. The van der Waals surface area contributed by atoms with Gasteiger partial charge in [-0.05, 0) is 25.7 Å². The van der Waals surface area contributed by atoms with Crippen LogP contribution in [0.25, 0.3) is 0 Å². The number of rotatable bonds is 3. The summed E-state index contributed by atoms with van der Waals surface area (Å²) in [6.45, 7) is 1.75. The van der Waals surface area contributed by atoms with Gasteiger partial charge in [0.25, 0.3) is 0 Å². The molecule has 0 aromatic rings. The van der Waals surface area contributed by atoms with E-state index in [0.717, 1.165) is 12.3 Å². The number of hydrogen-bond donors (Lipinski definition) is 0. The number of hydrogen-bond acceptors (Lipinski definition) is 0. The first-order valence-electron chi connectivity index (χ1n) is 3.45. The Kier molecular flexibility index (Phi) is 1.90. The summed E-state index contributed by atoms with van der Waals surface area (Å²) < 4.78 is 0. The molecule has 0 spiro atoms. The summed E-state index contributed by atoms with van der Waals surface area (Å²) in [6.07, 6.45) is 4.52. The molecule has 1 saturated carbocycles.